The van der Waals surface area contributed by atoms with Gasteiger partial charge in [0, 0.05) is 6.54 Å². The summed E-state index contributed by atoms with van der Waals surface area (Å²) >= 11 is 0. The molecule has 2 aromatic rings. The molecule has 0 unspecified atom stereocenters. The van der Waals surface area contributed by atoms with Crippen molar-refractivity contribution in [2.24, 2.45) is 5.92 Å². The molecule has 2 rings (SSSR count). The summed E-state index contributed by atoms with van der Waals surface area (Å²) in [5.74, 6) is -0.322. The second kappa shape index (κ2) is 8.99. The second-order valence-corrected chi connectivity index (χ2v) is 6.35. The molecule has 0 bridgehead atoms. The van der Waals surface area contributed by atoms with Crippen LogP contribution in [0.5, 0.6) is 5.75 Å². The van der Waals surface area contributed by atoms with Crippen LogP contribution in [0.15, 0.2) is 48.5 Å². The van der Waals surface area contributed by atoms with E-state index in [1.54, 1.807) is 31.2 Å². The van der Waals surface area contributed by atoms with Crippen molar-refractivity contribution in [3.63, 3.8) is 0 Å². The van der Waals surface area contributed by atoms with E-state index in [4.69, 9.17) is 4.74 Å². The normalized spacial score (nSPS) is 11.7. The van der Waals surface area contributed by atoms with Crippen molar-refractivity contribution >= 4 is 17.5 Å². The fraction of sp³-hybridized carbons (Fsp3) is 0.300. The molecule has 0 fully saturated rings. The minimum Gasteiger partial charge on any atom is -0.481 e. The molecule has 0 heterocycles. The van der Waals surface area contributed by atoms with Gasteiger partial charge >= 0.3 is 0 Å². The van der Waals surface area contributed by atoms with Gasteiger partial charge in [-0.3, -0.25) is 9.59 Å². The van der Waals surface area contributed by atoms with Gasteiger partial charge in [0.1, 0.15) is 11.6 Å². The number of anilines is 1. The molecule has 6 heteroatoms. The Morgan fingerprint density at radius 1 is 1.04 bits per heavy atom. The van der Waals surface area contributed by atoms with E-state index in [0.717, 1.165) is 0 Å². The Morgan fingerprint density at radius 3 is 2.35 bits per heavy atom. The van der Waals surface area contributed by atoms with Gasteiger partial charge in [0.25, 0.3) is 11.8 Å². The molecule has 0 saturated heterocycles. The Morgan fingerprint density at radius 2 is 1.69 bits per heavy atom. The van der Waals surface area contributed by atoms with Gasteiger partial charge < -0.3 is 15.4 Å². The minimum atomic E-state index is -0.813. The monoisotopic (exact) mass is 358 g/mol. The van der Waals surface area contributed by atoms with E-state index in [2.05, 4.69) is 10.6 Å². The zero-order valence-electron chi connectivity index (χ0n) is 15.1. The van der Waals surface area contributed by atoms with Crippen molar-refractivity contribution in [3.8, 4) is 5.75 Å². The first-order valence-corrected chi connectivity index (χ1v) is 8.47. The number of ether oxygens (including phenoxy) is 1. The van der Waals surface area contributed by atoms with Gasteiger partial charge in [-0.15, -0.1) is 0 Å². The molecule has 2 amide bonds. The highest BCUT2D eigenvalue weighted by Gasteiger charge is 2.18. The Bertz CT molecular complexity index is 760. The van der Waals surface area contributed by atoms with Gasteiger partial charge in [0.05, 0.1) is 11.3 Å². The Hall–Kier alpha value is -2.89. The van der Waals surface area contributed by atoms with E-state index in [9.17, 15) is 14.0 Å². The number of benzene rings is 2. The first-order chi connectivity index (χ1) is 12.4. The quantitative estimate of drug-likeness (QED) is 0.794. The second-order valence-electron chi connectivity index (χ2n) is 6.35. The maximum absolute atomic E-state index is 12.9. The number of carbonyl (C=O) groups excluding carboxylic acids is 2. The summed E-state index contributed by atoms with van der Waals surface area (Å²) in [6, 6.07) is 12.2. The lowest BCUT2D eigenvalue weighted by Crippen LogP contribution is -2.32. The number of carbonyl (C=O) groups is 2. The van der Waals surface area contributed by atoms with Gasteiger partial charge in [-0.25, -0.2) is 4.39 Å². The lowest BCUT2D eigenvalue weighted by atomic mass is 10.1. The summed E-state index contributed by atoms with van der Waals surface area (Å²) in [5.41, 5.74) is 0.795. The molecule has 1 atom stereocenters. The Labute approximate surface area is 152 Å². The van der Waals surface area contributed by atoms with E-state index in [-0.39, 0.29) is 11.7 Å². The van der Waals surface area contributed by atoms with Gasteiger partial charge in [0.15, 0.2) is 6.10 Å². The van der Waals surface area contributed by atoms with Crippen LogP contribution in [-0.2, 0) is 4.79 Å². The third-order valence-corrected chi connectivity index (χ3v) is 3.60. The average molecular weight is 358 g/mol. The van der Waals surface area contributed by atoms with Crippen molar-refractivity contribution in [2.75, 3.05) is 11.9 Å². The highest BCUT2D eigenvalue weighted by atomic mass is 19.1. The summed E-state index contributed by atoms with van der Waals surface area (Å²) in [4.78, 5) is 24.7. The van der Waals surface area contributed by atoms with Crippen molar-refractivity contribution in [2.45, 2.75) is 26.9 Å². The molecule has 5 nitrogen and oxygen atoms in total. The summed E-state index contributed by atoms with van der Waals surface area (Å²) in [6.07, 6.45) is -0.813. The van der Waals surface area contributed by atoms with Crippen molar-refractivity contribution in [1.29, 1.82) is 0 Å². The molecule has 0 aliphatic heterocycles. The average Bonchev–Trinajstić information content (AvgIpc) is 2.62. The number of amides is 2. The van der Waals surface area contributed by atoms with Crippen LogP contribution in [0.1, 0.15) is 31.1 Å². The zero-order valence-corrected chi connectivity index (χ0v) is 15.1. The predicted molar refractivity (Wildman–Crippen MR) is 98.7 cm³/mol. The topological polar surface area (TPSA) is 67.4 Å². The molecule has 2 N–H and O–H groups in total. The molecule has 0 aliphatic carbocycles. The highest BCUT2D eigenvalue weighted by molar-refractivity contribution is 6.04. The Balaban J connectivity index is 2.04. The van der Waals surface area contributed by atoms with E-state index >= 15 is 0 Å². The van der Waals surface area contributed by atoms with Gasteiger partial charge in [-0.05, 0) is 49.2 Å². The number of nitrogens with one attached hydrogen (secondary N) is 2. The lowest BCUT2D eigenvalue weighted by molar-refractivity contribution is -0.122. The molecule has 138 valence electrons. The maximum atomic E-state index is 12.9. The van der Waals surface area contributed by atoms with Crippen LogP contribution in [0.2, 0.25) is 0 Å². The highest BCUT2D eigenvalue weighted by Crippen LogP contribution is 2.17. The van der Waals surface area contributed by atoms with Crippen molar-refractivity contribution < 1.29 is 18.7 Å². The summed E-state index contributed by atoms with van der Waals surface area (Å²) in [6.45, 7) is 6.14. The molecular weight excluding hydrogens is 335 g/mol. The molecule has 0 radical (unpaired) electrons. The van der Waals surface area contributed by atoms with Crippen LogP contribution in [0.4, 0.5) is 10.1 Å². The molecule has 0 aromatic heterocycles. The minimum absolute atomic E-state index is 0.248. The SMILES string of the molecule is CC(C)CNC(=O)c1ccccc1NC(=O)[C@H](C)Oc1ccc(F)cc1. The maximum Gasteiger partial charge on any atom is 0.265 e. The zero-order chi connectivity index (χ0) is 19.1. The summed E-state index contributed by atoms with van der Waals surface area (Å²) in [5, 5.41) is 5.54. The molecule has 0 aliphatic rings. The fourth-order valence-electron chi connectivity index (χ4n) is 2.19. The van der Waals surface area contributed by atoms with Gasteiger partial charge in [0.2, 0.25) is 0 Å². The third kappa shape index (κ3) is 5.58. The Kier molecular flexibility index (Phi) is 6.72. The number of halogens is 1. The lowest BCUT2D eigenvalue weighted by Gasteiger charge is -2.16. The van der Waals surface area contributed by atoms with Crippen LogP contribution in [0, 0.1) is 11.7 Å². The van der Waals surface area contributed by atoms with Crippen LogP contribution in [0.25, 0.3) is 0 Å². The third-order valence-electron chi connectivity index (χ3n) is 3.60. The standard InChI is InChI=1S/C20H23FN2O3/c1-13(2)12-22-20(25)17-6-4-5-7-18(17)23-19(24)14(3)26-16-10-8-15(21)9-11-16/h4-11,13-14H,12H2,1-3H3,(H,22,25)(H,23,24)/t14-/m0/s1. The first kappa shape index (κ1) is 19.4. The van der Waals surface area contributed by atoms with E-state index in [0.29, 0.717) is 29.5 Å². The van der Waals surface area contributed by atoms with Gasteiger partial charge in [-0.2, -0.15) is 0 Å². The molecule has 2 aromatic carbocycles. The fourth-order valence-corrected chi connectivity index (χ4v) is 2.19. The summed E-state index contributed by atoms with van der Waals surface area (Å²) in [7, 11) is 0. The molecule has 0 spiro atoms. The number of hydrogen-bond donors (Lipinski definition) is 2. The van der Waals surface area contributed by atoms with E-state index < -0.39 is 12.0 Å². The smallest absolute Gasteiger partial charge is 0.265 e. The van der Waals surface area contributed by atoms with E-state index in [1.807, 2.05) is 13.8 Å². The summed E-state index contributed by atoms with van der Waals surface area (Å²) < 4.78 is 18.4. The van der Waals surface area contributed by atoms with Crippen molar-refractivity contribution in [1.82, 2.24) is 5.32 Å². The van der Waals surface area contributed by atoms with Gasteiger partial charge in [-0.1, -0.05) is 26.0 Å². The van der Waals surface area contributed by atoms with Crippen LogP contribution in [0.3, 0.4) is 0 Å². The predicted octanol–water partition coefficient (Wildman–Crippen LogP) is 3.62. The van der Waals surface area contributed by atoms with Crippen molar-refractivity contribution in [3.05, 3.63) is 59.9 Å². The van der Waals surface area contributed by atoms with Crippen LogP contribution < -0.4 is 15.4 Å². The van der Waals surface area contributed by atoms with Crippen LogP contribution >= 0.6 is 0 Å². The largest absolute Gasteiger partial charge is 0.481 e. The van der Waals surface area contributed by atoms with E-state index in [1.165, 1.54) is 24.3 Å². The van der Waals surface area contributed by atoms with Crippen LogP contribution in [-0.4, -0.2) is 24.5 Å². The molecule has 0 saturated carbocycles. The number of rotatable bonds is 7. The number of hydrogen-bond acceptors (Lipinski definition) is 3. The molecule has 26 heavy (non-hydrogen) atoms. The first-order valence-electron chi connectivity index (χ1n) is 8.47. The molecular formula is C20H23FN2O3. The number of para-hydroxylation sites is 1.